The van der Waals surface area contributed by atoms with Crippen molar-refractivity contribution in [2.75, 3.05) is 12.4 Å². The third kappa shape index (κ3) is 4.67. The number of rotatable bonds is 7. The summed E-state index contributed by atoms with van der Waals surface area (Å²) >= 11 is 1.31. The number of carbonyl (C=O) groups excluding carboxylic acids is 2. The van der Waals surface area contributed by atoms with Crippen LogP contribution in [0.25, 0.3) is 0 Å². The number of allylic oxidation sites excluding steroid dienone is 1. The maximum atomic E-state index is 14.1. The second-order valence-electron chi connectivity index (χ2n) is 8.80. The fourth-order valence-electron chi connectivity index (χ4n) is 4.81. The highest BCUT2D eigenvalue weighted by Crippen LogP contribution is 2.59. The summed E-state index contributed by atoms with van der Waals surface area (Å²) in [4.78, 5) is 24.3. The molecule has 1 N–H and O–H groups in total. The zero-order chi connectivity index (χ0) is 22.8. The molecule has 0 amide bonds. The topological polar surface area (TPSA) is 72.8 Å². The second-order valence-corrected chi connectivity index (χ2v) is 10.1. The number of esters is 1. The number of benzene rings is 1. The van der Waals surface area contributed by atoms with E-state index in [9.17, 15) is 19.1 Å². The highest BCUT2D eigenvalue weighted by atomic mass is 32.2. The molecule has 1 saturated heterocycles. The Morgan fingerprint density at radius 1 is 1.35 bits per heavy atom. The van der Waals surface area contributed by atoms with E-state index >= 15 is 0 Å². The van der Waals surface area contributed by atoms with E-state index in [2.05, 4.69) is 6.08 Å². The van der Waals surface area contributed by atoms with Crippen molar-refractivity contribution in [2.45, 2.75) is 65.1 Å². The Labute approximate surface area is 187 Å². The number of halogens is 1. The number of phenols is 1. The van der Waals surface area contributed by atoms with Crippen LogP contribution in [0.15, 0.2) is 29.8 Å². The summed E-state index contributed by atoms with van der Waals surface area (Å²) in [6, 6.07) is 4.32. The quantitative estimate of drug-likeness (QED) is 0.344. The number of fused-ring (bicyclic) bond motifs is 2. The van der Waals surface area contributed by atoms with Crippen molar-refractivity contribution >= 4 is 22.8 Å². The summed E-state index contributed by atoms with van der Waals surface area (Å²) in [6.45, 7) is 7.44. The van der Waals surface area contributed by atoms with Gasteiger partial charge in [-0.3, -0.25) is 9.59 Å². The van der Waals surface area contributed by atoms with E-state index in [0.717, 1.165) is 24.2 Å². The largest absolute Gasteiger partial charge is 0.505 e. The molecule has 170 valence electrons. The van der Waals surface area contributed by atoms with Crippen LogP contribution in [0.4, 0.5) is 4.39 Å². The first kappa shape index (κ1) is 23.8. The van der Waals surface area contributed by atoms with Gasteiger partial charge < -0.3 is 14.6 Å². The molecule has 0 spiro atoms. The first-order valence-electron chi connectivity index (χ1n) is 10.8. The van der Waals surface area contributed by atoms with Crippen molar-refractivity contribution in [3.05, 3.63) is 41.2 Å². The number of carbonyl (C=O) groups is 2. The van der Waals surface area contributed by atoms with E-state index in [1.807, 2.05) is 13.8 Å². The van der Waals surface area contributed by atoms with Crippen LogP contribution < -0.4 is 0 Å². The van der Waals surface area contributed by atoms with E-state index in [0.29, 0.717) is 25.0 Å². The lowest BCUT2D eigenvalue weighted by Crippen LogP contribution is -2.58. The van der Waals surface area contributed by atoms with Gasteiger partial charge >= 0.3 is 5.97 Å². The van der Waals surface area contributed by atoms with Gasteiger partial charge in [0.1, 0.15) is 5.41 Å². The lowest BCUT2D eigenvalue weighted by atomic mass is 9.58. The number of phenolic OH excluding ortho intramolecular Hbond substituents is 1. The molecule has 3 atom stereocenters. The Kier molecular flexibility index (Phi) is 7.16. The lowest BCUT2D eigenvalue weighted by Gasteiger charge is -2.55. The molecule has 1 aliphatic carbocycles. The van der Waals surface area contributed by atoms with Crippen molar-refractivity contribution in [3.63, 3.8) is 0 Å². The highest BCUT2D eigenvalue weighted by Gasteiger charge is 2.60. The minimum Gasteiger partial charge on any atom is -0.505 e. The second kappa shape index (κ2) is 9.33. The van der Waals surface area contributed by atoms with Crippen LogP contribution in [0.1, 0.15) is 65.0 Å². The molecule has 0 radical (unpaired) electrons. The number of ether oxygens (including phenoxy) is 2. The third-order valence-electron chi connectivity index (χ3n) is 6.58. The minimum absolute atomic E-state index is 0.0964. The SMILES string of the molecule is CCOC(=O)C12CC=C(CCCSC(C)=O)C(C1)C(c1ccc(O)c(F)c1)OC2(C)C. The molecule has 1 heterocycles. The molecule has 2 aliphatic rings. The van der Waals surface area contributed by atoms with Gasteiger partial charge in [0.2, 0.25) is 0 Å². The van der Waals surface area contributed by atoms with Crippen LogP contribution in [0.3, 0.4) is 0 Å². The Morgan fingerprint density at radius 3 is 2.74 bits per heavy atom. The fourth-order valence-corrected chi connectivity index (χ4v) is 5.39. The van der Waals surface area contributed by atoms with Gasteiger partial charge in [-0.15, -0.1) is 0 Å². The molecule has 0 aromatic heterocycles. The molecule has 1 fully saturated rings. The monoisotopic (exact) mass is 450 g/mol. The number of aromatic hydroxyl groups is 1. The lowest BCUT2D eigenvalue weighted by molar-refractivity contribution is -0.225. The Balaban J connectivity index is 1.96. The first-order chi connectivity index (χ1) is 14.6. The molecule has 1 aromatic rings. The Morgan fingerprint density at radius 2 is 2.10 bits per heavy atom. The van der Waals surface area contributed by atoms with Crippen molar-refractivity contribution in [1.29, 1.82) is 0 Å². The predicted octanol–water partition coefficient (Wildman–Crippen LogP) is 5.33. The third-order valence-corrected chi connectivity index (χ3v) is 7.48. The van der Waals surface area contributed by atoms with E-state index in [1.165, 1.54) is 23.9 Å². The van der Waals surface area contributed by atoms with Gasteiger partial charge in [0, 0.05) is 18.6 Å². The molecule has 1 aliphatic heterocycles. The normalized spacial score (nSPS) is 26.8. The average molecular weight is 451 g/mol. The van der Waals surface area contributed by atoms with Crippen LogP contribution >= 0.6 is 11.8 Å². The summed E-state index contributed by atoms with van der Waals surface area (Å²) in [5, 5.41) is 9.71. The molecule has 3 rings (SSSR count). The standard InChI is InChI=1S/C24H31FO5S/c1-5-29-22(28)24-11-10-16(7-6-12-31-15(2)26)18(14-24)21(30-23(24,3)4)17-8-9-20(27)19(25)13-17/h8-10,13,18,21,27H,5-7,11-12,14H2,1-4H3. The summed E-state index contributed by atoms with van der Waals surface area (Å²) in [6.07, 6.45) is 4.37. The van der Waals surface area contributed by atoms with Gasteiger partial charge in [0.05, 0.1) is 18.3 Å². The Hall–Kier alpha value is -1.86. The van der Waals surface area contributed by atoms with Crippen molar-refractivity contribution < 1.29 is 28.6 Å². The number of hydrogen-bond acceptors (Lipinski definition) is 6. The molecule has 31 heavy (non-hydrogen) atoms. The molecule has 0 saturated carbocycles. The zero-order valence-electron chi connectivity index (χ0n) is 18.6. The van der Waals surface area contributed by atoms with Gasteiger partial charge in [0.25, 0.3) is 0 Å². The van der Waals surface area contributed by atoms with E-state index in [-0.39, 0.29) is 17.0 Å². The van der Waals surface area contributed by atoms with Crippen LogP contribution in [0.5, 0.6) is 5.75 Å². The zero-order valence-corrected chi connectivity index (χ0v) is 19.4. The fraction of sp³-hybridized carbons (Fsp3) is 0.583. The van der Waals surface area contributed by atoms with E-state index < -0.39 is 28.7 Å². The molecular weight excluding hydrogens is 419 g/mol. The summed E-state index contributed by atoms with van der Waals surface area (Å²) in [5.41, 5.74) is 0.174. The molecule has 7 heteroatoms. The smallest absolute Gasteiger partial charge is 0.315 e. The van der Waals surface area contributed by atoms with E-state index in [4.69, 9.17) is 9.47 Å². The van der Waals surface area contributed by atoms with Crippen LogP contribution in [0, 0.1) is 17.2 Å². The molecular formula is C24H31FO5S. The minimum atomic E-state index is -0.818. The summed E-state index contributed by atoms with van der Waals surface area (Å²) in [5.74, 6) is -0.742. The van der Waals surface area contributed by atoms with Crippen molar-refractivity contribution in [3.8, 4) is 5.75 Å². The summed E-state index contributed by atoms with van der Waals surface area (Å²) < 4.78 is 26.1. The number of thioether (sulfide) groups is 1. The van der Waals surface area contributed by atoms with Gasteiger partial charge in [-0.25, -0.2) is 4.39 Å². The van der Waals surface area contributed by atoms with Gasteiger partial charge in [-0.05, 0) is 64.2 Å². The highest BCUT2D eigenvalue weighted by molar-refractivity contribution is 8.13. The van der Waals surface area contributed by atoms with E-state index in [1.54, 1.807) is 19.9 Å². The van der Waals surface area contributed by atoms with Crippen LogP contribution in [-0.2, 0) is 19.1 Å². The predicted molar refractivity (Wildman–Crippen MR) is 118 cm³/mol. The van der Waals surface area contributed by atoms with Crippen LogP contribution in [-0.4, -0.2) is 34.2 Å². The van der Waals surface area contributed by atoms with Gasteiger partial charge in [0.15, 0.2) is 16.7 Å². The molecule has 2 bridgehead atoms. The average Bonchev–Trinajstić information content (AvgIpc) is 2.71. The molecule has 1 aromatic carbocycles. The maximum absolute atomic E-state index is 14.1. The van der Waals surface area contributed by atoms with Crippen molar-refractivity contribution in [1.82, 2.24) is 0 Å². The van der Waals surface area contributed by atoms with Crippen LogP contribution in [0.2, 0.25) is 0 Å². The summed E-state index contributed by atoms with van der Waals surface area (Å²) in [7, 11) is 0. The van der Waals surface area contributed by atoms with Gasteiger partial charge in [-0.1, -0.05) is 29.5 Å². The molecule has 3 unspecified atom stereocenters. The molecule has 5 nitrogen and oxygen atoms in total. The first-order valence-corrected chi connectivity index (χ1v) is 11.8. The van der Waals surface area contributed by atoms with Crippen molar-refractivity contribution in [2.24, 2.45) is 11.3 Å². The number of hydrogen-bond donors (Lipinski definition) is 1. The maximum Gasteiger partial charge on any atom is 0.315 e. The Bertz CT molecular complexity index is 881. The van der Waals surface area contributed by atoms with Gasteiger partial charge in [-0.2, -0.15) is 0 Å².